The molecule has 3 atom stereocenters. The van der Waals surface area contributed by atoms with Gasteiger partial charge in [0.2, 0.25) is 5.91 Å². The lowest BCUT2D eigenvalue weighted by atomic mass is 10.0. The van der Waals surface area contributed by atoms with E-state index in [4.69, 9.17) is 15.2 Å². The molecular formula is C21H31N3O8. The highest BCUT2D eigenvalue weighted by molar-refractivity contribution is 5.88. The molecule has 2 rings (SSSR count). The average Bonchev–Trinajstić information content (AvgIpc) is 3.25. The van der Waals surface area contributed by atoms with Gasteiger partial charge in [-0.05, 0) is 38.2 Å². The van der Waals surface area contributed by atoms with Gasteiger partial charge < -0.3 is 14.7 Å². The molecule has 0 aliphatic carbocycles. The van der Waals surface area contributed by atoms with Gasteiger partial charge in [0.25, 0.3) is 0 Å². The van der Waals surface area contributed by atoms with E-state index >= 15 is 0 Å². The van der Waals surface area contributed by atoms with E-state index in [1.54, 1.807) is 6.92 Å². The van der Waals surface area contributed by atoms with Gasteiger partial charge in [0.15, 0.2) is 0 Å². The largest absolute Gasteiger partial charge is 0.480 e. The Hall–Kier alpha value is -2.57. The second kappa shape index (κ2) is 13.1. The molecule has 1 aliphatic rings. The van der Waals surface area contributed by atoms with Crippen molar-refractivity contribution in [2.24, 2.45) is 0 Å². The summed E-state index contributed by atoms with van der Waals surface area (Å²) < 4.78 is 5.17. The Labute approximate surface area is 186 Å². The molecule has 0 spiro atoms. The third-order valence-electron chi connectivity index (χ3n) is 5.23. The maximum Gasteiger partial charge on any atom is 0.328 e. The van der Waals surface area contributed by atoms with Crippen molar-refractivity contribution in [3.63, 3.8) is 0 Å². The number of carboxylic acids is 1. The molecule has 1 aromatic carbocycles. The fourth-order valence-electron chi connectivity index (χ4n) is 3.61. The predicted molar refractivity (Wildman–Crippen MR) is 110 cm³/mol. The summed E-state index contributed by atoms with van der Waals surface area (Å²) >= 11 is 0. The second-order valence-electron chi connectivity index (χ2n) is 7.60. The zero-order chi connectivity index (χ0) is 23.5. The second-order valence-corrected chi connectivity index (χ2v) is 7.60. The fraction of sp³-hybridized carbons (Fsp3) is 0.571. The van der Waals surface area contributed by atoms with E-state index in [1.807, 2.05) is 30.3 Å². The lowest BCUT2D eigenvalue weighted by Crippen LogP contribution is -2.53. The number of nitrogens with zero attached hydrogens (tertiary/aromatic N) is 2. The first-order chi connectivity index (χ1) is 15.3. The Kier molecular flexibility index (Phi) is 10.5. The Morgan fingerprint density at radius 1 is 1.22 bits per heavy atom. The minimum Gasteiger partial charge on any atom is -0.480 e. The summed E-state index contributed by atoms with van der Waals surface area (Å²) in [5.41, 5.74) is 1.01. The summed E-state index contributed by atoms with van der Waals surface area (Å²) in [6, 6.07) is 7.09. The molecule has 3 unspecified atom stereocenters. The molecule has 11 heteroatoms. The number of likely N-dealkylation sites (tertiary alicyclic amines) is 1. The SMILES string of the molecule is CC(NC(CCc1ccccc1)C(=O)O)C(=O)N1CCCC1C(=O)OCCCON(O)O. The van der Waals surface area contributed by atoms with Crippen molar-refractivity contribution < 1.29 is 39.5 Å². The Morgan fingerprint density at radius 2 is 1.94 bits per heavy atom. The highest BCUT2D eigenvalue weighted by Crippen LogP contribution is 2.20. The Bertz CT molecular complexity index is 746. The molecular weight excluding hydrogens is 422 g/mol. The summed E-state index contributed by atoms with van der Waals surface area (Å²) in [7, 11) is 0. The van der Waals surface area contributed by atoms with Gasteiger partial charge in [0, 0.05) is 13.0 Å². The van der Waals surface area contributed by atoms with Crippen molar-refractivity contribution in [1.29, 1.82) is 0 Å². The topological polar surface area (TPSA) is 149 Å². The van der Waals surface area contributed by atoms with Crippen molar-refractivity contribution in [2.45, 2.75) is 57.2 Å². The molecule has 32 heavy (non-hydrogen) atoms. The molecule has 1 fully saturated rings. The molecule has 0 saturated carbocycles. The van der Waals surface area contributed by atoms with Crippen molar-refractivity contribution in [3.8, 4) is 0 Å². The van der Waals surface area contributed by atoms with Gasteiger partial charge >= 0.3 is 11.9 Å². The molecule has 4 N–H and O–H groups in total. The van der Waals surface area contributed by atoms with E-state index in [-0.39, 0.29) is 25.5 Å². The third kappa shape index (κ3) is 8.17. The Morgan fingerprint density at radius 3 is 2.59 bits per heavy atom. The zero-order valence-corrected chi connectivity index (χ0v) is 18.1. The van der Waals surface area contributed by atoms with E-state index in [9.17, 15) is 19.5 Å². The number of carboxylic acid groups (broad SMARTS) is 1. The van der Waals surface area contributed by atoms with E-state index in [1.165, 1.54) is 4.90 Å². The first-order valence-electron chi connectivity index (χ1n) is 10.6. The molecule has 1 heterocycles. The van der Waals surface area contributed by atoms with Crippen LogP contribution < -0.4 is 5.32 Å². The van der Waals surface area contributed by atoms with E-state index in [0.29, 0.717) is 32.2 Å². The quantitative estimate of drug-likeness (QED) is 0.193. The van der Waals surface area contributed by atoms with Crippen LogP contribution in [0, 0.1) is 0 Å². The first kappa shape index (κ1) is 25.7. The summed E-state index contributed by atoms with van der Waals surface area (Å²) in [5.74, 6) is -1.94. The van der Waals surface area contributed by atoms with Crippen LogP contribution in [0.3, 0.4) is 0 Å². The van der Waals surface area contributed by atoms with Crippen molar-refractivity contribution in [2.75, 3.05) is 19.8 Å². The molecule has 0 radical (unpaired) electrons. The molecule has 0 bridgehead atoms. The van der Waals surface area contributed by atoms with Gasteiger partial charge in [0.05, 0.1) is 24.6 Å². The highest BCUT2D eigenvalue weighted by atomic mass is 17.1. The fourth-order valence-corrected chi connectivity index (χ4v) is 3.61. The number of ether oxygens (including phenoxy) is 1. The van der Waals surface area contributed by atoms with Gasteiger partial charge in [-0.15, -0.1) is 0 Å². The van der Waals surface area contributed by atoms with Crippen molar-refractivity contribution in [3.05, 3.63) is 35.9 Å². The van der Waals surface area contributed by atoms with Crippen molar-refractivity contribution in [1.82, 2.24) is 15.6 Å². The minimum atomic E-state index is -1.04. The monoisotopic (exact) mass is 453 g/mol. The molecule has 0 aromatic heterocycles. The molecule has 1 aromatic rings. The number of hydrogen-bond acceptors (Lipinski definition) is 9. The lowest BCUT2D eigenvalue weighted by Gasteiger charge is -2.28. The van der Waals surface area contributed by atoms with Crippen LogP contribution in [0.1, 0.15) is 38.2 Å². The summed E-state index contributed by atoms with van der Waals surface area (Å²) in [5, 5.41) is 28.9. The number of rotatable bonds is 13. The number of carbonyl (C=O) groups excluding carboxylic acids is 2. The number of amides is 1. The van der Waals surface area contributed by atoms with Gasteiger partial charge in [0.1, 0.15) is 12.1 Å². The maximum absolute atomic E-state index is 12.9. The van der Waals surface area contributed by atoms with Crippen LogP contribution in [0.4, 0.5) is 0 Å². The van der Waals surface area contributed by atoms with E-state index < -0.39 is 35.5 Å². The number of aryl methyl sites for hydroxylation is 1. The number of benzene rings is 1. The normalized spacial score (nSPS) is 17.9. The number of carbonyl (C=O) groups is 3. The molecule has 178 valence electrons. The van der Waals surface area contributed by atoms with E-state index in [0.717, 1.165) is 5.56 Å². The zero-order valence-electron chi connectivity index (χ0n) is 18.1. The Balaban J connectivity index is 1.85. The summed E-state index contributed by atoms with van der Waals surface area (Å²) in [6.45, 7) is 1.92. The van der Waals surface area contributed by atoms with Crippen molar-refractivity contribution >= 4 is 17.8 Å². The van der Waals surface area contributed by atoms with E-state index in [2.05, 4.69) is 10.2 Å². The van der Waals surface area contributed by atoms with Crippen LogP contribution >= 0.6 is 0 Å². The standard InChI is InChI=1S/C21H31N3O8/c1-15(22-17(20(26)27)11-10-16-7-3-2-4-8-16)19(25)23-12-5-9-18(23)21(28)31-13-6-14-32-24(29)30/h2-4,7-8,15,17-18,22,29-30H,5-6,9-14H2,1H3,(H,26,27). The molecule has 1 amide bonds. The summed E-state index contributed by atoms with van der Waals surface area (Å²) in [4.78, 5) is 42.8. The van der Waals surface area contributed by atoms with Crippen LogP contribution in [0.5, 0.6) is 0 Å². The average molecular weight is 453 g/mol. The number of hydrogen-bond donors (Lipinski definition) is 4. The maximum atomic E-state index is 12.9. The number of esters is 1. The van der Waals surface area contributed by atoms with Crippen LogP contribution in [0.15, 0.2) is 30.3 Å². The lowest BCUT2D eigenvalue weighted by molar-refractivity contribution is -0.492. The summed E-state index contributed by atoms with van der Waals surface area (Å²) in [6.07, 6.45) is 2.22. The van der Waals surface area contributed by atoms with Gasteiger partial charge in [-0.2, -0.15) is 0 Å². The number of aliphatic carboxylic acids is 1. The number of nitrogens with one attached hydrogen (secondary N) is 1. The van der Waals surface area contributed by atoms with Gasteiger partial charge in [-0.25, -0.2) is 4.79 Å². The predicted octanol–water partition coefficient (Wildman–Crippen LogP) is 0.987. The third-order valence-corrected chi connectivity index (χ3v) is 5.23. The van der Waals surface area contributed by atoms with Crippen LogP contribution in [-0.2, 0) is 30.4 Å². The minimum absolute atomic E-state index is 0.000415. The highest BCUT2D eigenvalue weighted by Gasteiger charge is 2.37. The van der Waals surface area contributed by atoms with Crippen LogP contribution in [0.25, 0.3) is 0 Å². The molecule has 1 saturated heterocycles. The van der Waals surface area contributed by atoms with Crippen LogP contribution in [-0.4, -0.2) is 81.5 Å². The van der Waals surface area contributed by atoms with Gasteiger partial charge in [-0.3, -0.25) is 30.2 Å². The molecule has 1 aliphatic heterocycles. The van der Waals surface area contributed by atoms with Crippen LogP contribution in [0.2, 0.25) is 0 Å². The smallest absolute Gasteiger partial charge is 0.328 e. The van der Waals surface area contributed by atoms with Gasteiger partial charge in [-0.1, -0.05) is 30.3 Å². The molecule has 11 nitrogen and oxygen atoms in total. The first-order valence-corrected chi connectivity index (χ1v) is 10.6.